The standard InChI is InChI=1S/C18H26N2O2/c1-14-16(5-4-8-20-9-11-22-12-10-20)17-13-15(21-3)6-7-18(17)19(14)2/h6-7,13H,4-5,8-12H2,1-3H3. The van der Waals surface area contributed by atoms with Crippen LogP contribution in [-0.2, 0) is 18.2 Å². The zero-order valence-electron chi connectivity index (χ0n) is 13.9. The molecule has 0 spiro atoms. The van der Waals surface area contributed by atoms with Gasteiger partial charge in [-0.25, -0.2) is 0 Å². The third-order valence-corrected chi connectivity index (χ3v) is 4.83. The second-order valence-electron chi connectivity index (χ2n) is 6.06. The van der Waals surface area contributed by atoms with Crippen molar-refractivity contribution < 1.29 is 9.47 Å². The van der Waals surface area contributed by atoms with E-state index >= 15 is 0 Å². The normalized spacial score (nSPS) is 16.3. The van der Waals surface area contributed by atoms with E-state index in [1.165, 1.54) is 28.6 Å². The van der Waals surface area contributed by atoms with Gasteiger partial charge in [-0.15, -0.1) is 0 Å². The fourth-order valence-corrected chi connectivity index (χ4v) is 3.37. The number of morpholine rings is 1. The zero-order valence-corrected chi connectivity index (χ0v) is 13.9. The van der Waals surface area contributed by atoms with E-state index in [9.17, 15) is 0 Å². The predicted octanol–water partition coefficient (Wildman–Crippen LogP) is 2.76. The smallest absolute Gasteiger partial charge is 0.119 e. The Kier molecular flexibility index (Phi) is 4.69. The number of nitrogens with zero attached hydrogens (tertiary/aromatic N) is 2. The summed E-state index contributed by atoms with van der Waals surface area (Å²) in [5.74, 6) is 0.938. The maximum Gasteiger partial charge on any atom is 0.119 e. The van der Waals surface area contributed by atoms with Crippen LogP contribution in [0.3, 0.4) is 0 Å². The van der Waals surface area contributed by atoms with E-state index in [2.05, 4.69) is 35.6 Å². The molecule has 2 aromatic rings. The molecule has 1 aliphatic heterocycles. The minimum atomic E-state index is 0.879. The number of aryl methyl sites for hydroxylation is 2. The van der Waals surface area contributed by atoms with Gasteiger partial charge >= 0.3 is 0 Å². The minimum Gasteiger partial charge on any atom is -0.497 e. The fourth-order valence-electron chi connectivity index (χ4n) is 3.37. The van der Waals surface area contributed by atoms with Crippen LogP contribution in [0.25, 0.3) is 10.9 Å². The lowest BCUT2D eigenvalue weighted by Gasteiger charge is -2.26. The molecule has 1 aliphatic rings. The summed E-state index contributed by atoms with van der Waals surface area (Å²) >= 11 is 0. The third kappa shape index (κ3) is 2.99. The highest BCUT2D eigenvalue weighted by Crippen LogP contribution is 2.29. The molecular weight excluding hydrogens is 276 g/mol. The summed E-state index contributed by atoms with van der Waals surface area (Å²) in [6.07, 6.45) is 2.31. The summed E-state index contributed by atoms with van der Waals surface area (Å²) in [4.78, 5) is 2.50. The van der Waals surface area contributed by atoms with Gasteiger partial charge in [-0.3, -0.25) is 4.90 Å². The van der Waals surface area contributed by atoms with Crippen molar-refractivity contribution in [1.29, 1.82) is 0 Å². The number of benzene rings is 1. The van der Waals surface area contributed by atoms with Crippen LogP contribution >= 0.6 is 0 Å². The van der Waals surface area contributed by atoms with Crippen LogP contribution in [0.15, 0.2) is 18.2 Å². The van der Waals surface area contributed by atoms with Crippen molar-refractivity contribution in [3.8, 4) is 5.75 Å². The molecular formula is C18H26N2O2. The quantitative estimate of drug-likeness (QED) is 0.849. The molecule has 0 aliphatic carbocycles. The van der Waals surface area contributed by atoms with Gasteiger partial charge in [0.15, 0.2) is 0 Å². The molecule has 0 radical (unpaired) electrons. The van der Waals surface area contributed by atoms with Gasteiger partial charge in [0, 0.05) is 36.7 Å². The molecule has 3 rings (SSSR count). The zero-order chi connectivity index (χ0) is 15.5. The lowest BCUT2D eigenvalue weighted by atomic mass is 10.1. The van der Waals surface area contributed by atoms with E-state index < -0.39 is 0 Å². The number of fused-ring (bicyclic) bond motifs is 1. The number of rotatable bonds is 5. The number of hydrogen-bond acceptors (Lipinski definition) is 3. The van der Waals surface area contributed by atoms with Gasteiger partial charge in [0.25, 0.3) is 0 Å². The molecule has 0 bridgehead atoms. The number of hydrogen-bond donors (Lipinski definition) is 0. The van der Waals surface area contributed by atoms with Crippen molar-refractivity contribution in [3.63, 3.8) is 0 Å². The lowest BCUT2D eigenvalue weighted by Crippen LogP contribution is -2.36. The minimum absolute atomic E-state index is 0.879. The first-order chi connectivity index (χ1) is 10.7. The molecule has 4 heteroatoms. The fraction of sp³-hybridized carbons (Fsp3) is 0.556. The molecule has 0 unspecified atom stereocenters. The first-order valence-corrected chi connectivity index (χ1v) is 8.12. The highest BCUT2D eigenvalue weighted by Gasteiger charge is 2.14. The Labute approximate surface area is 132 Å². The highest BCUT2D eigenvalue weighted by atomic mass is 16.5. The van der Waals surface area contributed by atoms with E-state index in [0.717, 1.165) is 45.0 Å². The number of ether oxygens (including phenoxy) is 2. The largest absolute Gasteiger partial charge is 0.497 e. The van der Waals surface area contributed by atoms with Gasteiger partial charge in [0.05, 0.1) is 20.3 Å². The molecule has 120 valence electrons. The second kappa shape index (κ2) is 6.71. The first-order valence-electron chi connectivity index (χ1n) is 8.12. The van der Waals surface area contributed by atoms with Gasteiger partial charge in [0.1, 0.15) is 5.75 Å². The predicted molar refractivity (Wildman–Crippen MR) is 89.8 cm³/mol. The van der Waals surface area contributed by atoms with Crippen LogP contribution in [0.1, 0.15) is 17.7 Å². The number of aromatic nitrogens is 1. The van der Waals surface area contributed by atoms with E-state index in [-0.39, 0.29) is 0 Å². The highest BCUT2D eigenvalue weighted by molar-refractivity contribution is 5.86. The van der Waals surface area contributed by atoms with Crippen molar-refractivity contribution in [2.24, 2.45) is 7.05 Å². The molecule has 0 atom stereocenters. The monoisotopic (exact) mass is 302 g/mol. The van der Waals surface area contributed by atoms with Gasteiger partial charge in [0.2, 0.25) is 0 Å². The van der Waals surface area contributed by atoms with Crippen LogP contribution < -0.4 is 4.74 Å². The van der Waals surface area contributed by atoms with E-state index in [1.54, 1.807) is 7.11 Å². The molecule has 1 aromatic carbocycles. The summed E-state index contributed by atoms with van der Waals surface area (Å²) in [5, 5.41) is 1.33. The Morgan fingerprint density at radius 2 is 2.00 bits per heavy atom. The lowest BCUT2D eigenvalue weighted by molar-refractivity contribution is 0.0375. The Morgan fingerprint density at radius 3 is 2.73 bits per heavy atom. The summed E-state index contributed by atoms with van der Waals surface area (Å²) in [6, 6.07) is 6.37. The maximum absolute atomic E-state index is 5.41. The van der Waals surface area contributed by atoms with E-state index in [1.807, 2.05) is 6.07 Å². The molecule has 0 saturated carbocycles. The average molecular weight is 302 g/mol. The summed E-state index contributed by atoms with van der Waals surface area (Å²) in [7, 11) is 3.88. The third-order valence-electron chi connectivity index (χ3n) is 4.83. The van der Waals surface area contributed by atoms with Gasteiger partial charge in [-0.1, -0.05) is 0 Å². The van der Waals surface area contributed by atoms with Crippen LogP contribution in [0.4, 0.5) is 0 Å². The van der Waals surface area contributed by atoms with E-state index in [4.69, 9.17) is 9.47 Å². The van der Waals surface area contributed by atoms with Gasteiger partial charge in [-0.05, 0) is 50.1 Å². The SMILES string of the molecule is COc1ccc2c(c1)c(CCCN1CCOCC1)c(C)n2C. The molecule has 0 amide bonds. The first kappa shape index (κ1) is 15.4. The Morgan fingerprint density at radius 1 is 1.23 bits per heavy atom. The molecule has 22 heavy (non-hydrogen) atoms. The second-order valence-corrected chi connectivity index (χ2v) is 6.06. The number of methoxy groups -OCH3 is 1. The molecule has 0 N–H and O–H groups in total. The van der Waals surface area contributed by atoms with Crippen LogP contribution in [0.2, 0.25) is 0 Å². The van der Waals surface area contributed by atoms with Gasteiger partial charge < -0.3 is 14.0 Å². The average Bonchev–Trinajstić information content (AvgIpc) is 2.80. The van der Waals surface area contributed by atoms with Crippen molar-refractivity contribution in [3.05, 3.63) is 29.5 Å². The Bertz CT molecular complexity index is 642. The topological polar surface area (TPSA) is 26.6 Å². The van der Waals surface area contributed by atoms with Crippen molar-refractivity contribution >= 4 is 10.9 Å². The Balaban J connectivity index is 1.75. The molecule has 1 fully saturated rings. The Hall–Kier alpha value is -1.52. The maximum atomic E-state index is 5.41. The van der Waals surface area contributed by atoms with E-state index in [0.29, 0.717) is 0 Å². The molecule has 4 nitrogen and oxygen atoms in total. The molecule has 1 aromatic heterocycles. The van der Waals surface area contributed by atoms with Crippen LogP contribution in [0, 0.1) is 6.92 Å². The molecule has 2 heterocycles. The summed E-state index contributed by atoms with van der Waals surface area (Å²) in [6.45, 7) is 7.28. The van der Waals surface area contributed by atoms with Crippen molar-refractivity contribution in [2.45, 2.75) is 19.8 Å². The van der Waals surface area contributed by atoms with Crippen molar-refractivity contribution in [2.75, 3.05) is 40.0 Å². The van der Waals surface area contributed by atoms with Crippen LogP contribution in [-0.4, -0.2) is 49.4 Å². The van der Waals surface area contributed by atoms with Gasteiger partial charge in [-0.2, -0.15) is 0 Å². The summed E-state index contributed by atoms with van der Waals surface area (Å²) in [5.41, 5.74) is 4.12. The summed E-state index contributed by atoms with van der Waals surface area (Å²) < 4.78 is 13.1. The van der Waals surface area contributed by atoms with Crippen molar-refractivity contribution in [1.82, 2.24) is 9.47 Å². The van der Waals surface area contributed by atoms with Crippen LogP contribution in [0.5, 0.6) is 5.75 Å². The molecule has 1 saturated heterocycles.